The Morgan fingerprint density at radius 1 is 1.16 bits per heavy atom. The molecule has 1 heterocycles. The number of carbonyl (C=O) groups excluding carboxylic acids is 1. The SMILES string of the molecule is CC(=O)Oc1c(-c2ccccc2)c(C)nn1CCc1cccc(Cl)c1. The van der Waals surface area contributed by atoms with Crippen LogP contribution in [0.1, 0.15) is 18.2 Å². The first-order valence-corrected chi connectivity index (χ1v) is 8.48. The van der Waals surface area contributed by atoms with Gasteiger partial charge in [-0.3, -0.25) is 4.79 Å². The van der Waals surface area contributed by atoms with Crippen LogP contribution in [0, 0.1) is 6.92 Å². The van der Waals surface area contributed by atoms with Crippen LogP contribution in [0.2, 0.25) is 5.02 Å². The Hall–Kier alpha value is -2.59. The lowest BCUT2D eigenvalue weighted by Crippen LogP contribution is -2.10. The molecule has 0 bridgehead atoms. The Balaban J connectivity index is 1.94. The molecule has 1 aromatic heterocycles. The van der Waals surface area contributed by atoms with Gasteiger partial charge in [0.2, 0.25) is 5.88 Å². The van der Waals surface area contributed by atoms with Crippen molar-refractivity contribution in [2.24, 2.45) is 0 Å². The summed E-state index contributed by atoms with van der Waals surface area (Å²) in [6.07, 6.45) is 0.740. The molecule has 0 aliphatic rings. The molecule has 25 heavy (non-hydrogen) atoms. The first-order valence-electron chi connectivity index (χ1n) is 8.10. The summed E-state index contributed by atoms with van der Waals surface area (Å²) >= 11 is 6.04. The highest BCUT2D eigenvalue weighted by atomic mass is 35.5. The third-order valence-corrected chi connectivity index (χ3v) is 4.12. The first-order chi connectivity index (χ1) is 12.0. The van der Waals surface area contributed by atoms with Crippen LogP contribution >= 0.6 is 11.6 Å². The Morgan fingerprint density at radius 3 is 2.60 bits per heavy atom. The summed E-state index contributed by atoms with van der Waals surface area (Å²) in [5, 5.41) is 5.29. The molecule has 5 heteroatoms. The van der Waals surface area contributed by atoms with Crippen LogP contribution in [0.5, 0.6) is 5.88 Å². The Labute approximate surface area is 152 Å². The summed E-state index contributed by atoms with van der Waals surface area (Å²) in [7, 11) is 0. The topological polar surface area (TPSA) is 44.1 Å². The monoisotopic (exact) mass is 354 g/mol. The molecule has 0 radical (unpaired) electrons. The molecule has 3 aromatic rings. The van der Waals surface area contributed by atoms with Gasteiger partial charge >= 0.3 is 5.97 Å². The standard InChI is InChI=1S/C20H19ClN2O2/c1-14-19(17-8-4-3-5-9-17)20(25-15(2)24)23(22-14)12-11-16-7-6-10-18(21)13-16/h3-10,13H,11-12H2,1-2H3. The smallest absolute Gasteiger partial charge is 0.309 e. The van der Waals surface area contributed by atoms with E-state index in [1.54, 1.807) is 4.68 Å². The van der Waals surface area contributed by atoms with Crippen molar-refractivity contribution in [2.75, 3.05) is 0 Å². The zero-order valence-corrected chi connectivity index (χ0v) is 15.0. The van der Waals surface area contributed by atoms with E-state index in [4.69, 9.17) is 16.3 Å². The summed E-state index contributed by atoms with van der Waals surface area (Å²) in [6.45, 7) is 3.92. The quantitative estimate of drug-likeness (QED) is 0.625. The lowest BCUT2D eigenvalue weighted by molar-refractivity contribution is -0.132. The van der Waals surface area contributed by atoms with Gasteiger partial charge in [0.25, 0.3) is 0 Å². The van der Waals surface area contributed by atoms with Crippen molar-refractivity contribution in [1.29, 1.82) is 0 Å². The fourth-order valence-electron chi connectivity index (χ4n) is 2.82. The second-order valence-corrected chi connectivity index (χ2v) is 6.26. The van der Waals surface area contributed by atoms with Gasteiger partial charge in [0, 0.05) is 18.5 Å². The number of rotatable bonds is 5. The lowest BCUT2D eigenvalue weighted by Gasteiger charge is -2.09. The van der Waals surface area contributed by atoms with Gasteiger partial charge in [-0.25, -0.2) is 4.68 Å². The van der Waals surface area contributed by atoms with Crippen LogP contribution in [0.4, 0.5) is 0 Å². The van der Waals surface area contributed by atoms with E-state index in [2.05, 4.69) is 5.10 Å². The molecule has 128 valence electrons. The van der Waals surface area contributed by atoms with Gasteiger partial charge < -0.3 is 4.74 Å². The molecule has 0 saturated carbocycles. The average molecular weight is 355 g/mol. The van der Waals surface area contributed by atoms with Crippen LogP contribution in [0.3, 0.4) is 0 Å². The molecule has 0 unspecified atom stereocenters. The number of nitrogens with zero attached hydrogens (tertiary/aromatic N) is 2. The largest absolute Gasteiger partial charge is 0.407 e. The van der Waals surface area contributed by atoms with Gasteiger partial charge in [0.05, 0.1) is 11.3 Å². The van der Waals surface area contributed by atoms with Crippen LogP contribution in [0.15, 0.2) is 54.6 Å². The summed E-state index contributed by atoms with van der Waals surface area (Å²) in [5.74, 6) is 0.124. The molecule has 0 atom stereocenters. The molecule has 0 N–H and O–H groups in total. The van der Waals surface area contributed by atoms with Gasteiger partial charge in [0.15, 0.2) is 0 Å². The van der Waals surface area contributed by atoms with Gasteiger partial charge in [0.1, 0.15) is 0 Å². The van der Waals surface area contributed by atoms with Gasteiger partial charge in [-0.1, -0.05) is 54.1 Å². The van der Waals surface area contributed by atoms with E-state index in [0.717, 1.165) is 28.8 Å². The minimum absolute atomic E-state index is 0.360. The number of aromatic nitrogens is 2. The minimum atomic E-state index is -0.360. The van der Waals surface area contributed by atoms with Crippen molar-refractivity contribution >= 4 is 17.6 Å². The molecule has 0 saturated heterocycles. The molecule has 0 amide bonds. The average Bonchev–Trinajstić information content (AvgIpc) is 2.88. The predicted molar refractivity (Wildman–Crippen MR) is 98.9 cm³/mol. The van der Waals surface area contributed by atoms with Gasteiger partial charge in [-0.15, -0.1) is 0 Å². The third-order valence-electron chi connectivity index (χ3n) is 3.88. The normalized spacial score (nSPS) is 10.7. The minimum Gasteiger partial charge on any atom is -0.407 e. The van der Waals surface area contributed by atoms with Crippen LogP contribution < -0.4 is 4.74 Å². The third kappa shape index (κ3) is 4.09. The zero-order chi connectivity index (χ0) is 17.8. The zero-order valence-electron chi connectivity index (χ0n) is 14.2. The molecule has 2 aromatic carbocycles. The fraction of sp³-hybridized carbons (Fsp3) is 0.200. The number of halogens is 1. The second kappa shape index (κ2) is 7.53. The molecule has 0 fully saturated rings. The highest BCUT2D eigenvalue weighted by Gasteiger charge is 2.19. The van der Waals surface area contributed by atoms with Crippen LogP contribution in [-0.2, 0) is 17.8 Å². The van der Waals surface area contributed by atoms with Crippen molar-refractivity contribution < 1.29 is 9.53 Å². The Kier molecular flexibility index (Phi) is 5.19. The maximum absolute atomic E-state index is 11.6. The second-order valence-electron chi connectivity index (χ2n) is 5.83. The maximum atomic E-state index is 11.6. The summed E-state index contributed by atoms with van der Waals surface area (Å²) < 4.78 is 7.25. The maximum Gasteiger partial charge on any atom is 0.309 e. The highest BCUT2D eigenvalue weighted by molar-refractivity contribution is 6.30. The fourth-order valence-corrected chi connectivity index (χ4v) is 3.03. The van der Waals surface area contributed by atoms with E-state index in [9.17, 15) is 4.79 Å². The molecule has 4 nitrogen and oxygen atoms in total. The number of hydrogen-bond acceptors (Lipinski definition) is 3. The molecular formula is C20H19ClN2O2. The lowest BCUT2D eigenvalue weighted by atomic mass is 10.1. The highest BCUT2D eigenvalue weighted by Crippen LogP contribution is 2.33. The Morgan fingerprint density at radius 2 is 1.92 bits per heavy atom. The number of benzene rings is 2. The number of ether oxygens (including phenoxy) is 1. The first kappa shape index (κ1) is 17.2. The van der Waals surface area contributed by atoms with Crippen molar-refractivity contribution in [1.82, 2.24) is 9.78 Å². The summed E-state index contributed by atoms with van der Waals surface area (Å²) in [4.78, 5) is 11.6. The van der Waals surface area contributed by atoms with Crippen LogP contribution in [0.25, 0.3) is 11.1 Å². The van der Waals surface area contributed by atoms with Crippen molar-refractivity contribution in [3.05, 3.63) is 70.9 Å². The molecule has 0 spiro atoms. The molecular weight excluding hydrogens is 336 g/mol. The molecule has 0 aliphatic heterocycles. The molecule has 0 aliphatic carbocycles. The van der Waals surface area contributed by atoms with Crippen molar-refractivity contribution in [2.45, 2.75) is 26.8 Å². The predicted octanol–water partition coefficient (Wildman–Crippen LogP) is 4.68. The summed E-state index contributed by atoms with van der Waals surface area (Å²) in [6, 6.07) is 17.6. The molecule has 3 rings (SSSR count). The Bertz CT molecular complexity index is 888. The van der Waals surface area contributed by atoms with E-state index in [1.807, 2.05) is 61.5 Å². The number of aryl methyl sites for hydroxylation is 3. The van der Waals surface area contributed by atoms with Gasteiger partial charge in [-0.2, -0.15) is 5.10 Å². The number of carbonyl (C=O) groups is 1. The van der Waals surface area contributed by atoms with Crippen LogP contribution in [-0.4, -0.2) is 15.7 Å². The van der Waals surface area contributed by atoms with E-state index < -0.39 is 0 Å². The van der Waals surface area contributed by atoms with Crippen molar-refractivity contribution in [3.63, 3.8) is 0 Å². The van der Waals surface area contributed by atoms with E-state index >= 15 is 0 Å². The number of esters is 1. The van der Waals surface area contributed by atoms with E-state index in [0.29, 0.717) is 17.4 Å². The summed E-state index contributed by atoms with van der Waals surface area (Å²) in [5.41, 5.74) is 3.76. The van der Waals surface area contributed by atoms with E-state index in [1.165, 1.54) is 6.92 Å². The van der Waals surface area contributed by atoms with Crippen molar-refractivity contribution in [3.8, 4) is 17.0 Å². The van der Waals surface area contributed by atoms with E-state index in [-0.39, 0.29) is 5.97 Å². The number of hydrogen-bond donors (Lipinski definition) is 0. The van der Waals surface area contributed by atoms with Gasteiger partial charge in [-0.05, 0) is 36.6 Å².